The molecule has 5 nitrogen and oxygen atoms in total. The molecule has 5 heteroatoms. The minimum absolute atomic E-state index is 0.299. The molecule has 0 aliphatic carbocycles. The first-order valence-corrected chi connectivity index (χ1v) is 11.2. The summed E-state index contributed by atoms with van der Waals surface area (Å²) in [6.07, 6.45) is 4.59. The number of likely N-dealkylation sites (tertiary alicyclic amines) is 1. The van der Waals surface area contributed by atoms with Crippen LogP contribution in [-0.4, -0.2) is 42.6 Å². The van der Waals surface area contributed by atoms with Crippen LogP contribution >= 0.6 is 0 Å². The summed E-state index contributed by atoms with van der Waals surface area (Å²) in [5.41, 5.74) is 4.61. The van der Waals surface area contributed by atoms with Gasteiger partial charge in [0.05, 0.1) is 12.7 Å². The number of carbonyl (C=O) groups excluding carboxylic acids is 1. The van der Waals surface area contributed by atoms with Crippen molar-refractivity contribution in [2.75, 3.05) is 26.7 Å². The van der Waals surface area contributed by atoms with Crippen LogP contribution in [0.1, 0.15) is 59.5 Å². The molecule has 1 aliphatic heterocycles. The Morgan fingerprint density at radius 1 is 1.13 bits per heavy atom. The van der Waals surface area contributed by atoms with Crippen molar-refractivity contribution in [2.45, 2.75) is 45.6 Å². The number of carbonyl (C=O) groups is 1. The van der Waals surface area contributed by atoms with E-state index in [9.17, 15) is 4.79 Å². The number of nitrogens with one attached hydrogen (secondary N) is 1. The number of hydrogen-bond acceptors (Lipinski definition) is 4. The topological polar surface area (TPSA) is 54.6 Å². The minimum Gasteiger partial charge on any atom is -0.497 e. The highest BCUT2D eigenvalue weighted by molar-refractivity contribution is 6.05. The van der Waals surface area contributed by atoms with E-state index in [-0.39, 0.29) is 12.1 Å². The van der Waals surface area contributed by atoms with Crippen molar-refractivity contribution in [1.82, 2.24) is 9.88 Å². The maximum absolute atomic E-state index is 13.1. The van der Waals surface area contributed by atoms with Gasteiger partial charge in [-0.25, -0.2) is 4.79 Å². The standard InChI is InChI=1S/C26H32N2O3/c1-18-25(26(29)31-19(2)21-8-7-9-22(17-21)30-3)23-16-20(10-11-24(23)27-18)12-15-28-13-5-4-6-14-28/h7-11,16-17,19,27H,4-6,12-15H2,1-3H3. The zero-order valence-electron chi connectivity index (χ0n) is 18.7. The van der Waals surface area contributed by atoms with Crippen LogP contribution in [-0.2, 0) is 11.2 Å². The van der Waals surface area contributed by atoms with Crippen LogP contribution < -0.4 is 4.74 Å². The van der Waals surface area contributed by atoms with Gasteiger partial charge in [-0.2, -0.15) is 0 Å². The number of fused-ring (bicyclic) bond motifs is 1. The normalized spacial score (nSPS) is 15.7. The van der Waals surface area contributed by atoms with Crippen molar-refractivity contribution in [3.63, 3.8) is 0 Å². The molecule has 2 heterocycles. The van der Waals surface area contributed by atoms with Crippen LogP contribution in [0.15, 0.2) is 42.5 Å². The van der Waals surface area contributed by atoms with Gasteiger partial charge in [-0.1, -0.05) is 24.6 Å². The van der Waals surface area contributed by atoms with E-state index in [1.54, 1.807) is 7.11 Å². The SMILES string of the molecule is COc1cccc(C(C)OC(=O)c2c(C)[nH]c3ccc(CCN4CCCCC4)cc23)c1. The number of aryl methyl sites for hydroxylation is 1. The maximum Gasteiger partial charge on any atom is 0.341 e. The number of methoxy groups -OCH3 is 1. The number of esters is 1. The Morgan fingerprint density at radius 3 is 2.71 bits per heavy atom. The van der Waals surface area contributed by atoms with Crippen molar-refractivity contribution in [1.29, 1.82) is 0 Å². The lowest BCUT2D eigenvalue weighted by molar-refractivity contribution is 0.0339. The van der Waals surface area contributed by atoms with Crippen molar-refractivity contribution in [2.24, 2.45) is 0 Å². The van der Waals surface area contributed by atoms with Gasteiger partial charge in [-0.3, -0.25) is 0 Å². The fraction of sp³-hybridized carbons (Fsp3) is 0.423. The van der Waals surface area contributed by atoms with Crippen molar-refractivity contribution in [3.05, 3.63) is 64.8 Å². The maximum atomic E-state index is 13.1. The Labute approximate surface area is 184 Å². The highest BCUT2D eigenvalue weighted by atomic mass is 16.5. The molecule has 0 saturated carbocycles. The average Bonchev–Trinajstić information content (AvgIpc) is 3.13. The van der Waals surface area contributed by atoms with Crippen LogP contribution in [0.3, 0.4) is 0 Å². The fourth-order valence-corrected chi connectivity index (χ4v) is 4.44. The summed E-state index contributed by atoms with van der Waals surface area (Å²) < 4.78 is 11.1. The number of benzene rings is 2. The van der Waals surface area contributed by atoms with E-state index in [1.165, 1.54) is 37.9 Å². The lowest BCUT2D eigenvalue weighted by atomic mass is 10.0. The first-order valence-electron chi connectivity index (χ1n) is 11.2. The second-order valence-electron chi connectivity index (χ2n) is 8.48. The molecule has 2 aromatic carbocycles. The molecule has 3 aromatic rings. The van der Waals surface area contributed by atoms with E-state index >= 15 is 0 Å². The first-order chi connectivity index (χ1) is 15.0. The van der Waals surface area contributed by atoms with Gasteiger partial charge < -0.3 is 19.4 Å². The molecule has 1 atom stereocenters. The van der Waals surface area contributed by atoms with Gasteiger partial charge >= 0.3 is 5.97 Å². The smallest absolute Gasteiger partial charge is 0.341 e. The molecule has 1 fully saturated rings. The van der Waals surface area contributed by atoms with Crippen LogP contribution in [0.25, 0.3) is 10.9 Å². The van der Waals surface area contributed by atoms with Crippen molar-refractivity contribution >= 4 is 16.9 Å². The number of piperidine rings is 1. The second-order valence-corrected chi connectivity index (χ2v) is 8.48. The number of H-pyrrole nitrogens is 1. The number of rotatable bonds is 7. The van der Waals surface area contributed by atoms with Gasteiger partial charge in [0.1, 0.15) is 11.9 Å². The van der Waals surface area contributed by atoms with Gasteiger partial charge in [0, 0.05) is 23.1 Å². The summed E-state index contributed by atoms with van der Waals surface area (Å²) in [4.78, 5) is 19.0. The molecule has 1 aliphatic rings. The molecular weight excluding hydrogens is 388 g/mol. The van der Waals surface area contributed by atoms with E-state index in [0.29, 0.717) is 5.56 Å². The van der Waals surface area contributed by atoms with Gasteiger partial charge in [0.2, 0.25) is 0 Å². The van der Waals surface area contributed by atoms with E-state index in [1.807, 2.05) is 38.1 Å². The van der Waals surface area contributed by atoms with E-state index in [4.69, 9.17) is 9.47 Å². The Bertz CT molecular complexity index is 1050. The molecule has 0 bridgehead atoms. The van der Waals surface area contributed by atoms with Gasteiger partial charge in [0.25, 0.3) is 0 Å². The third-order valence-corrected chi connectivity index (χ3v) is 6.27. The van der Waals surface area contributed by atoms with Crippen LogP contribution in [0, 0.1) is 6.92 Å². The number of aromatic amines is 1. The minimum atomic E-state index is -0.366. The number of nitrogens with zero attached hydrogens (tertiary/aromatic N) is 1. The summed E-state index contributed by atoms with van der Waals surface area (Å²) >= 11 is 0. The molecule has 31 heavy (non-hydrogen) atoms. The predicted molar refractivity (Wildman–Crippen MR) is 124 cm³/mol. The lowest BCUT2D eigenvalue weighted by Gasteiger charge is -2.26. The van der Waals surface area contributed by atoms with Gasteiger partial charge in [-0.15, -0.1) is 0 Å². The van der Waals surface area contributed by atoms with Crippen LogP contribution in [0.5, 0.6) is 5.75 Å². The number of hydrogen-bond donors (Lipinski definition) is 1. The average molecular weight is 421 g/mol. The lowest BCUT2D eigenvalue weighted by Crippen LogP contribution is -2.31. The van der Waals surface area contributed by atoms with Crippen LogP contribution in [0.2, 0.25) is 0 Å². The van der Waals surface area contributed by atoms with E-state index in [2.05, 4.69) is 28.1 Å². The molecule has 1 unspecified atom stereocenters. The summed E-state index contributed by atoms with van der Waals surface area (Å²) in [6.45, 7) is 7.29. The largest absolute Gasteiger partial charge is 0.497 e. The third kappa shape index (κ3) is 4.93. The first kappa shape index (κ1) is 21.4. The third-order valence-electron chi connectivity index (χ3n) is 6.27. The zero-order chi connectivity index (χ0) is 21.8. The molecule has 0 amide bonds. The zero-order valence-corrected chi connectivity index (χ0v) is 18.7. The summed E-state index contributed by atoms with van der Waals surface area (Å²) in [5.74, 6) is 0.453. The quantitative estimate of drug-likeness (QED) is 0.518. The molecule has 1 aromatic heterocycles. The van der Waals surface area contributed by atoms with Gasteiger partial charge in [-0.05, 0) is 81.6 Å². The Balaban J connectivity index is 1.51. The number of ether oxygens (including phenoxy) is 2. The molecule has 164 valence electrons. The summed E-state index contributed by atoms with van der Waals surface area (Å²) in [7, 11) is 1.63. The highest BCUT2D eigenvalue weighted by Gasteiger charge is 2.21. The van der Waals surface area contributed by atoms with E-state index < -0.39 is 0 Å². The Morgan fingerprint density at radius 2 is 1.94 bits per heavy atom. The highest BCUT2D eigenvalue weighted by Crippen LogP contribution is 2.28. The van der Waals surface area contributed by atoms with E-state index in [0.717, 1.165) is 40.9 Å². The molecule has 0 radical (unpaired) electrons. The van der Waals surface area contributed by atoms with Crippen molar-refractivity contribution in [3.8, 4) is 5.75 Å². The second kappa shape index (κ2) is 9.56. The number of aromatic nitrogens is 1. The molecule has 1 N–H and O–H groups in total. The Kier molecular flexibility index (Phi) is 6.62. The Hall–Kier alpha value is -2.79. The summed E-state index contributed by atoms with van der Waals surface area (Å²) in [5, 5.41) is 0.941. The molecular formula is C26H32N2O3. The fourth-order valence-electron chi connectivity index (χ4n) is 4.44. The molecule has 4 rings (SSSR count). The predicted octanol–water partition coefficient (Wildman–Crippen LogP) is 5.43. The monoisotopic (exact) mass is 420 g/mol. The summed E-state index contributed by atoms with van der Waals surface area (Å²) in [6, 6.07) is 14.0. The molecule has 0 spiro atoms. The van der Waals surface area contributed by atoms with Crippen molar-refractivity contribution < 1.29 is 14.3 Å². The van der Waals surface area contributed by atoms with Crippen LogP contribution in [0.4, 0.5) is 0 Å². The van der Waals surface area contributed by atoms with Gasteiger partial charge in [0.15, 0.2) is 0 Å². The molecule has 1 saturated heterocycles.